The highest BCUT2D eigenvalue weighted by Crippen LogP contribution is 2.38. The summed E-state index contributed by atoms with van der Waals surface area (Å²) in [6.45, 7) is 0. The predicted molar refractivity (Wildman–Crippen MR) is 71.3 cm³/mol. The lowest BCUT2D eigenvalue weighted by molar-refractivity contribution is 0.455. The minimum atomic E-state index is -0.505. The summed E-state index contributed by atoms with van der Waals surface area (Å²) < 4.78 is 19.1. The third-order valence-corrected chi connectivity index (χ3v) is 3.45. The Morgan fingerprint density at radius 1 is 1.15 bits per heavy atom. The maximum absolute atomic E-state index is 13.4. The highest BCUT2D eigenvalue weighted by Gasteiger charge is 2.19. The highest BCUT2D eigenvalue weighted by molar-refractivity contribution is 5.52. The monoisotopic (exact) mass is 269 g/mol. The molecule has 0 saturated carbocycles. The van der Waals surface area contributed by atoms with Crippen LogP contribution in [0.5, 0.6) is 17.2 Å². The van der Waals surface area contributed by atoms with Crippen molar-refractivity contribution in [3.05, 3.63) is 52.8 Å². The summed E-state index contributed by atoms with van der Waals surface area (Å²) in [7, 11) is 0. The molecule has 0 heterocycles. The van der Waals surface area contributed by atoms with Gasteiger partial charge in [-0.3, -0.25) is 0 Å². The molecule has 1 aliphatic carbocycles. The molecule has 4 heteroatoms. The second kappa shape index (κ2) is 4.86. The highest BCUT2D eigenvalue weighted by atomic mass is 19.1. The molecule has 0 saturated heterocycles. The predicted octanol–water partition coefficient (Wildman–Crippen LogP) is 3.68. The van der Waals surface area contributed by atoms with E-state index in [1.807, 2.05) is 6.07 Å². The first-order valence-electron chi connectivity index (χ1n) is 6.39. The number of phenolic OH excluding ortho intramolecular Hbond substituents is 1. The Labute approximate surface area is 115 Å². The van der Waals surface area contributed by atoms with Crippen molar-refractivity contribution < 1.29 is 14.2 Å². The van der Waals surface area contributed by atoms with Gasteiger partial charge in [-0.05, 0) is 43.5 Å². The lowest BCUT2D eigenvalue weighted by atomic mass is 10.1. The van der Waals surface area contributed by atoms with Crippen LogP contribution in [0.1, 0.15) is 23.1 Å². The summed E-state index contributed by atoms with van der Waals surface area (Å²) in [5, 5.41) is 18.6. The van der Waals surface area contributed by atoms with E-state index in [9.17, 15) is 9.50 Å². The van der Waals surface area contributed by atoms with E-state index < -0.39 is 5.82 Å². The Kier molecular flexibility index (Phi) is 3.03. The van der Waals surface area contributed by atoms with Crippen LogP contribution in [0.3, 0.4) is 0 Å². The van der Waals surface area contributed by atoms with Crippen molar-refractivity contribution in [2.24, 2.45) is 0 Å². The topological polar surface area (TPSA) is 53.2 Å². The molecular weight excluding hydrogens is 257 g/mol. The molecular formula is C16H12FNO2. The van der Waals surface area contributed by atoms with Gasteiger partial charge in [0.05, 0.1) is 11.6 Å². The maximum Gasteiger partial charge on any atom is 0.131 e. The number of phenols is 1. The Balaban J connectivity index is 1.99. The Morgan fingerprint density at radius 2 is 1.95 bits per heavy atom. The average molecular weight is 269 g/mol. The summed E-state index contributed by atoms with van der Waals surface area (Å²) in [6, 6.07) is 9.06. The lowest BCUT2D eigenvalue weighted by Gasteiger charge is -2.12. The van der Waals surface area contributed by atoms with Gasteiger partial charge in [0.25, 0.3) is 0 Å². The Bertz CT molecular complexity index is 719. The lowest BCUT2D eigenvalue weighted by Crippen LogP contribution is -1.93. The number of rotatable bonds is 2. The van der Waals surface area contributed by atoms with Gasteiger partial charge in [-0.15, -0.1) is 0 Å². The molecule has 1 aliphatic rings. The van der Waals surface area contributed by atoms with Gasteiger partial charge in [0, 0.05) is 17.2 Å². The van der Waals surface area contributed by atoms with Crippen molar-refractivity contribution in [2.75, 3.05) is 0 Å². The average Bonchev–Trinajstić information content (AvgIpc) is 2.92. The van der Waals surface area contributed by atoms with E-state index in [2.05, 4.69) is 0 Å². The van der Waals surface area contributed by atoms with Crippen LogP contribution >= 0.6 is 0 Å². The SMILES string of the molecule is N#Cc1cc(F)cc(Oc2ccc(O)c3c2CCC3)c1. The first kappa shape index (κ1) is 12.5. The second-order valence-corrected chi connectivity index (χ2v) is 4.78. The minimum Gasteiger partial charge on any atom is -0.508 e. The van der Waals surface area contributed by atoms with Gasteiger partial charge in [-0.25, -0.2) is 4.39 Å². The number of nitriles is 1. The molecule has 3 rings (SSSR count). The summed E-state index contributed by atoms with van der Waals surface area (Å²) >= 11 is 0. The van der Waals surface area contributed by atoms with Crippen LogP contribution in [-0.4, -0.2) is 5.11 Å². The molecule has 0 amide bonds. The van der Waals surface area contributed by atoms with E-state index in [4.69, 9.17) is 10.00 Å². The van der Waals surface area contributed by atoms with Crippen molar-refractivity contribution in [3.63, 3.8) is 0 Å². The fourth-order valence-corrected chi connectivity index (χ4v) is 2.56. The summed E-state index contributed by atoms with van der Waals surface area (Å²) in [5.74, 6) is 0.683. The fraction of sp³-hybridized carbons (Fsp3) is 0.188. The van der Waals surface area contributed by atoms with Gasteiger partial charge >= 0.3 is 0 Å². The van der Waals surface area contributed by atoms with E-state index in [-0.39, 0.29) is 11.3 Å². The zero-order valence-electron chi connectivity index (χ0n) is 10.7. The number of ether oxygens (including phenoxy) is 1. The number of halogens is 1. The van der Waals surface area contributed by atoms with Gasteiger partial charge in [-0.2, -0.15) is 5.26 Å². The van der Waals surface area contributed by atoms with Crippen LogP contribution in [-0.2, 0) is 12.8 Å². The third kappa shape index (κ3) is 2.19. The molecule has 0 unspecified atom stereocenters. The van der Waals surface area contributed by atoms with Crippen LogP contribution in [0.15, 0.2) is 30.3 Å². The third-order valence-electron chi connectivity index (χ3n) is 3.45. The molecule has 2 aromatic rings. The molecule has 2 aromatic carbocycles. The van der Waals surface area contributed by atoms with Gasteiger partial charge < -0.3 is 9.84 Å². The first-order chi connectivity index (χ1) is 9.67. The van der Waals surface area contributed by atoms with Crippen LogP contribution < -0.4 is 4.74 Å². The van der Waals surface area contributed by atoms with E-state index >= 15 is 0 Å². The van der Waals surface area contributed by atoms with Crippen LogP contribution in [0, 0.1) is 17.1 Å². The molecule has 0 radical (unpaired) electrons. The standard InChI is InChI=1S/C16H12FNO2/c17-11-6-10(9-18)7-12(8-11)20-16-5-4-15(19)13-2-1-3-14(13)16/h4-8,19H,1-3H2. The fourth-order valence-electron chi connectivity index (χ4n) is 2.56. The number of aromatic hydroxyl groups is 1. The Hall–Kier alpha value is -2.54. The number of nitrogens with zero attached hydrogens (tertiary/aromatic N) is 1. The van der Waals surface area contributed by atoms with Gasteiger partial charge in [0.1, 0.15) is 23.1 Å². The molecule has 0 atom stereocenters. The van der Waals surface area contributed by atoms with E-state index in [1.165, 1.54) is 12.1 Å². The van der Waals surface area contributed by atoms with E-state index in [0.29, 0.717) is 11.5 Å². The number of hydrogen-bond acceptors (Lipinski definition) is 3. The maximum atomic E-state index is 13.4. The zero-order valence-corrected chi connectivity index (χ0v) is 10.7. The van der Waals surface area contributed by atoms with E-state index in [0.717, 1.165) is 36.5 Å². The second-order valence-electron chi connectivity index (χ2n) is 4.78. The number of hydrogen-bond donors (Lipinski definition) is 1. The molecule has 0 fully saturated rings. The normalized spacial score (nSPS) is 12.8. The first-order valence-corrected chi connectivity index (χ1v) is 6.39. The molecule has 0 aliphatic heterocycles. The van der Waals surface area contributed by atoms with Crippen molar-refractivity contribution in [1.29, 1.82) is 5.26 Å². The smallest absolute Gasteiger partial charge is 0.131 e. The Morgan fingerprint density at radius 3 is 2.75 bits per heavy atom. The van der Waals surface area contributed by atoms with Crippen molar-refractivity contribution in [3.8, 4) is 23.3 Å². The molecule has 20 heavy (non-hydrogen) atoms. The van der Waals surface area contributed by atoms with Crippen molar-refractivity contribution >= 4 is 0 Å². The van der Waals surface area contributed by atoms with Crippen LogP contribution in [0.25, 0.3) is 0 Å². The summed E-state index contributed by atoms with van der Waals surface area (Å²) in [5.41, 5.74) is 2.09. The van der Waals surface area contributed by atoms with Crippen LogP contribution in [0.2, 0.25) is 0 Å². The van der Waals surface area contributed by atoms with Crippen molar-refractivity contribution in [2.45, 2.75) is 19.3 Å². The minimum absolute atomic E-state index is 0.218. The quantitative estimate of drug-likeness (QED) is 0.904. The molecule has 3 nitrogen and oxygen atoms in total. The zero-order chi connectivity index (χ0) is 14.1. The molecule has 100 valence electrons. The molecule has 0 spiro atoms. The largest absolute Gasteiger partial charge is 0.508 e. The summed E-state index contributed by atoms with van der Waals surface area (Å²) in [6.07, 6.45) is 2.63. The van der Waals surface area contributed by atoms with Gasteiger partial charge in [0.15, 0.2) is 0 Å². The molecule has 0 bridgehead atoms. The number of fused-ring (bicyclic) bond motifs is 1. The van der Waals surface area contributed by atoms with Crippen LogP contribution in [0.4, 0.5) is 4.39 Å². The molecule has 0 aromatic heterocycles. The van der Waals surface area contributed by atoms with Crippen molar-refractivity contribution in [1.82, 2.24) is 0 Å². The van der Waals surface area contributed by atoms with Gasteiger partial charge in [0.2, 0.25) is 0 Å². The summed E-state index contributed by atoms with van der Waals surface area (Å²) in [4.78, 5) is 0. The van der Waals surface area contributed by atoms with E-state index in [1.54, 1.807) is 12.1 Å². The molecule has 1 N–H and O–H groups in total. The van der Waals surface area contributed by atoms with Gasteiger partial charge in [-0.1, -0.05) is 0 Å². The number of benzene rings is 2.